The fourth-order valence-electron chi connectivity index (χ4n) is 4.05. The maximum atomic E-state index is 12.2. The second-order valence-corrected chi connectivity index (χ2v) is 9.79. The second kappa shape index (κ2) is 27.9. The van der Waals surface area contributed by atoms with Crippen LogP contribution in [0.1, 0.15) is 129 Å². The van der Waals surface area contributed by atoms with Gasteiger partial charge in [0, 0.05) is 6.42 Å². The van der Waals surface area contributed by atoms with Gasteiger partial charge in [-0.05, 0) is 51.4 Å². The highest BCUT2D eigenvalue weighted by molar-refractivity contribution is 5.76. The van der Waals surface area contributed by atoms with Gasteiger partial charge in [0.25, 0.3) is 0 Å². The van der Waals surface area contributed by atoms with Crippen molar-refractivity contribution in [3.05, 3.63) is 48.6 Å². The van der Waals surface area contributed by atoms with Crippen molar-refractivity contribution < 1.29 is 15.0 Å². The third kappa shape index (κ3) is 24.1. The molecular weight excluding hydrogens is 446 g/mol. The van der Waals surface area contributed by atoms with Gasteiger partial charge in [-0.15, -0.1) is 0 Å². The molecule has 0 aromatic rings. The van der Waals surface area contributed by atoms with E-state index in [1.165, 1.54) is 38.5 Å². The van der Waals surface area contributed by atoms with E-state index in [0.29, 0.717) is 12.8 Å². The summed E-state index contributed by atoms with van der Waals surface area (Å²) in [6, 6.07) is -0.540. The first-order valence-electron chi connectivity index (χ1n) is 14.8. The first-order chi connectivity index (χ1) is 17.7. The summed E-state index contributed by atoms with van der Waals surface area (Å²) in [6.45, 7) is 4.13. The molecule has 0 saturated heterocycles. The standard InChI is InChI=1S/C32H57NO3/c1-3-5-7-9-10-11-12-13-14-15-16-17-18-19-20-21-22-24-26-28-32(36)33-30(29-34)31(35)27-25-23-8-6-4-2/h5,7,10-11,13-14,16-17,30-31,34-35H,3-4,6,8-9,12,15,18-29H2,1-2H3,(H,33,36)/b7-5-,11-10-,14-13-,17-16-. The van der Waals surface area contributed by atoms with Crippen LogP contribution in [0.15, 0.2) is 48.6 Å². The van der Waals surface area contributed by atoms with E-state index < -0.39 is 12.1 Å². The molecule has 2 atom stereocenters. The van der Waals surface area contributed by atoms with Crippen molar-refractivity contribution in [2.75, 3.05) is 6.61 Å². The highest BCUT2D eigenvalue weighted by atomic mass is 16.3. The molecule has 0 aliphatic rings. The average Bonchev–Trinajstić information content (AvgIpc) is 2.88. The molecular formula is C32H57NO3. The zero-order valence-corrected chi connectivity index (χ0v) is 23.5. The maximum absolute atomic E-state index is 12.2. The van der Waals surface area contributed by atoms with Crippen LogP contribution in [0.2, 0.25) is 0 Å². The molecule has 0 heterocycles. The van der Waals surface area contributed by atoms with Gasteiger partial charge in [0.2, 0.25) is 5.91 Å². The zero-order valence-electron chi connectivity index (χ0n) is 23.5. The normalized spacial score (nSPS) is 14.0. The monoisotopic (exact) mass is 503 g/mol. The number of carbonyl (C=O) groups is 1. The predicted octanol–water partition coefficient (Wildman–Crippen LogP) is 8.11. The predicted molar refractivity (Wildman–Crippen MR) is 156 cm³/mol. The Balaban J connectivity index is 3.62. The van der Waals surface area contributed by atoms with E-state index in [0.717, 1.165) is 64.2 Å². The van der Waals surface area contributed by atoms with Crippen LogP contribution in [0.4, 0.5) is 0 Å². The van der Waals surface area contributed by atoms with Gasteiger partial charge in [-0.3, -0.25) is 4.79 Å². The molecule has 4 heteroatoms. The number of unbranched alkanes of at least 4 members (excludes halogenated alkanes) is 10. The zero-order chi connectivity index (χ0) is 26.5. The lowest BCUT2D eigenvalue weighted by Crippen LogP contribution is -2.45. The Morgan fingerprint density at radius 2 is 1.22 bits per heavy atom. The number of rotatable bonds is 25. The molecule has 2 unspecified atom stereocenters. The Hall–Kier alpha value is -1.65. The number of aliphatic hydroxyl groups excluding tert-OH is 2. The minimum Gasteiger partial charge on any atom is -0.394 e. The highest BCUT2D eigenvalue weighted by Crippen LogP contribution is 2.11. The van der Waals surface area contributed by atoms with Crippen LogP contribution in [-0.4, -0.2) is 34.9 Å². The summed E-state index contributed by atoms with van der Waals surface area (Å²) in [7, 11) is 0. The Kier molecular flexibility index (Phi) is 26.6. The fourth-order valence-corrected chi connectivity index (χ4v) is 4.05. The Morgan fingerprint density at radius 1 is 0.694 bits per heavy atom. The number of hydrogen-bond donors (Lipinski definition) is 3. The lowest BCUT2D eigenvalue weighted by molar-refractivity contribution is -0.123. The van der Waals surface area contributed by atoms with Crippen molar-refractivity contribution in [3.63, 3.8) is 0 Å². The van der Waals surface area contributed by atoms with E-state index in [4.69, 9.17) is 0 Å². The molecule has 0 radical (unpaired) electrons. The van der Waals surface area contributed by atoms with Crippen molar-refractivity contribution in [1.29, 1.82) is 0 Å². The molecule has 0 rings (SSSR count). The minimum absolute atomic E-state index is 0.0570. The Bertz CT molecular complexity index is 594. The summed E-state index contributed by atoms with van der Waals surface area (Å²) in [4.78, 5) is 12.2. The van der Waals surface area contributed by atoms with Gasteiger partial charge >= 0.3 is 0 Å². The maximum Gasteiger partial charge on any atom is 0.220 e. The van der Waals surface area contributed by atoms with Crippen LogP contribution in [0.3, 0.4) is 0 Å². The molecule has 0 bridgehead atoms. The van der Waals surface area contributed by atoms with Gasteiger partial charge in [-0.25, -0.2) is 0 Å². The SMILES string of the molecule is CC/C=C\C/C=C\C/C=C\C/C=C\CCCCCCCCC(=O)NC(CO)C(O)CCCCCCC. The summed E-state index contributed by atoms with van der Waals surface area (Å²) in [5.74, 6) is -0.0570. The highest BCUT2D eigenvalue weighted by Gasteiger charge is 2.19. The van der Waals surface area contributed by atoms with E-state index in [1.54, 1.807) is 0 Å². The lowest BCUT2D eigenvalue weighted by Gasteiger charge is -2.22. The van der Waals surface area contributed by atoms with Crippen molar-refractivity contribution in [2.45, 2.75) is 142 Å². The van der Waals surface area contributed by atoms with Gasteiger partial charge in [0.1, 0.15) is 0 Å². The van der Waals surface area contributed by atoms with Crippen molar-refractivity contribution in [3.8, 4) is 0 Å². The largest absolute Gasteiger partial charge is 0.394 e. The molecule has 0 aliphatic heterocycles. The molecule has 0 spiro atoms. The van der Waals surface area contributed by atoms with Crippen molar-refractivity contribution in [2.24, 2.45) is 0 Å². The molecule has 36 heavy (non-hydrogen) atoms. The van der Waals surface area contributed by atoms with Gasteiger partial charge in [-0.1, -0.05) is 120 Å². The summed E-state index contributed by atoms with van der Waals surface area (Å²) in [5.41, 5.74) is 0. The van der Waals surface area contributed by atoms with E-state index >= 15 is 0 Å². The third-order valence-electron chi connectivity index (χ3n) is 6.35. The molecule has 3 N–H and O–H groups in total. The smallest absolute Gasteiger partial charge is 0.220 e. The van der Waals surface area contributed by atoms with E-state index in [-0.39, 0.29) is 12.5 Å². The topological polar surface area (TPSA) is 69.6 Å². The summed E-state index contributed by atoms with van der Waals surface area (Å²) in [6.07, 6.45) is 36.0. The average molecular weight is 504 g/mol. The Morgan fingerprint density at radius 3 is 1.83 bits per heavy atom. The van der Waals surface area contributed by atoms with Crippen LogP contribution in [-0.2, 0) is 4.79 Å². The molecule has 4 nitrogen and oxygen atoms in total. The molecule has 0 fully saturated rings. The van der Waals surface area contributed by atoms with Crippen LogP contribution in [0.25, 0.3) is 0 Å². The minimum atomic E-state index is -0.661. The number of hydrogen-bond acceptors (Lipinski definition) is 3. The number of carbonyl (C=O) groups excluding carboxylic acids is 1. The van der Waals surface area contributed by atoms with Crippen LogP contribution < -0.4 is 5.32 Å². The number of amides is 1. The van der Waals surface area contributed by atoms with Gasteiger partial charge in [0.05, 0.1) is 18.8 Å². The van der Waals surface area contributed by atoms with E-state index in [2.05, 4.69) is 67.8 Å². The summed E-state index contributed by atoms with van der Waals surface area (Å²) >= 11 is 0. The first-order valence-corrected chi connectivity index (χ1v) is 14.8. The molecule has 208 valence electrons. The first kappa shape index (κ1) is 34.4. The second-order valence-electron chi connectivity index (χ2n) is 9.79. The van der Waals surface area contributed by atoms with E-state index in [1.807, 2.05) is 0 Å². The lowest BCUT2D eigenvalue weighted by atomic mass is 10.0. The summed E-state index contributed by atoms with van der Waals surface area (Å²) < 4.78 is 0. The van der Waals surface area contributed by atoms with E-state index in [9.17, 15) is 15.0 Å². The fraction of sp³-hybridized carbons (Fsp3) is 0.719. The quantitative estimate of drug-likeness (QED) is 0.0870. The number of allylic oxidation sites excluding steroid dienone is 8. The Labute approximate surface area is 223 Å². The molecule has 1 amide bonds. The van der Waals surface area contributed by atoms with Crippen LogP contribution in [0, 0.1) is 0 Å². The van der Waals surface area contributed by atoms with Gasteiger partial charge in [0.15, 0.2) is 0 Å². The molecule has 0 aliphatic carbocycles. The summed E-state index contributed by atoms with van der Waals surface area (Å²) in [5, 5.41) is 22.6. The van der Waals surface area contributed by atoms with Gasteiger partial charge in [-0.2, -0.15) is 0 Å². The number of nitrogens with one attached hydrogen (secondary N) is 1. The van der Waals surface area contributed by atoms with Gasteiger partial charge < -0.3 is 15.5 Å². The number of aliphatic hydroxyl groups is 2. The third-order valence-corrected chi connectivity index (χ3v) is 6.35. The van der Waals surface area contributed by atoms with Crippen LogP contribution in [0.5, 0.6) is 0 Å². The van der Waals surface area contributed by atoms with Crippen molar-refractivity contribution in [1.82, 2.24) is 5.32 Å². The molecule has 0 saturated carbocycles. The van der Waals surface area contributed by atoms with Crippen LogP contribution >= 0.6 is 0 Å². The molecule has 0 aromatic carbocycles. The molecule has 0 aromatic heterocycles. The van der Waals surface area contributed by atoms with Crippen molar-refractivity contribution >= 4 is 5.91 Å².